The van der Waals surface area contributed by atoms with Gasteiger partial charge in [0.2, 0.25) is 0 Å². The SMILES string of the molecule is CCCN(CCCN)c1ncccc1C. The minimum absolute atomic E-state index is 0.742. The molecule has 3 heteroatoms. The summed E-state index contributed by atoms with van der Waals surface area (Å²) in [6.45, 7) is 7.09. The zero-order valence-electron chi connectivity index (χ0n) is 9.74. The van der Waals surface area contributed by atoms with Gasteiger partial charge in [-0.2, -0.15) is 0 Å². The van der Waals surface area contributed by atoms with Gasteiger partial charge < -0.3 is 10.6 Å². The van der Waals surface area contributed by atoms with Gasteiger partial charge in [0.25, 0.3) is 0 Å². The number of rotatable bonds is 6. The number of aromatic nitrogens is 1. The lowest BCUT2D eigenvalue weighted by Crippen LogP contribution is -2.28. The lowest BCUT2D eigenvalue weighted by molar-refractivity contribution is 0.709. The van der Waals surface area contributed by atoms with Crippen LogP contribution in [0.15, 0.2) is 18.3 Å². The molecule has 0 amide bonds. The highest BCUT2D eigenvalue weighted by atomic mass is 15.2. The highest BCUT2D eigenvalue weighted by Gasteiger charge is 2.08. The Morgan fingerprint density at radius 1 is 1.40 bits per heavy atom. The molecule has 0 fully saturated rings. The van der Waals surface area contributed by atoms with Gasteiger partial charge in [0.15, 0.2) is 0 Å². The topological polar surface area (TPSA) is 42.1 Å². The molecule has 1 heterocycles. The fourth-order valence-electron chi connectivity index (χ4n) is 1.68. The van der Waals surface area contributed by atoms with E-state index in [-0.39, 0.29) is 0 Å². The summed E-state index contributed by atoms with van der Waals surface area (Å²) in [6.07, 6.45) is 4.02. The maximum atomic E-state index is 5.54. The molecule has 0 spiro atoms. The predicted molar refractivity (Wildman–Crippen MR) is 65.1 cm³/mol. The van der Waals surface area contributed by atoms with Gasteiger partial charge in [0.05, 0.1) is 0 Å². The van der Waals surface area contributed by atoms with E-state index in [2.05, 4.69) is 29.8 Å². The van der Waals surface area contributed by atoms with Crippen LogP contribution >= 0.6 is 0 Å². The molecule has 0 saturated heterocycles. The highest BCUT2D eigenvalue weighted by Crippen LogP contribution is 2.16. The van der Waals surface area contributed by atoms with Crippen molar-refractivity contribution in [1.29, 1.82) is 0 Å². The summed E-state index contributed by atoms with van der Waals surface area (Å²) in [4.78, 5) is 6.76. The molecule has 0 saturated carbocycles. The van der Waals surface area contributed by atoms with Crippen LogP contribution in [0, 0.1) is 6.92 Å². The third-order valence-corrected chi connectivity index (χ3v) is 2.41. The molecule has 0 aromatic carbocycles. The second kappa shape index (κ2) is 6.40. The fraction of sp³-hybridized carbons (Fsp3) is 0.583. The first-order valence-corrected chi connectivity index (χ1v) is 5.66. The number of hydrogen-bond acceptors (Lipinski definition) is 3. The van der Waals surface area contributed by atoms with Crippen LogP contribution in [0.25, 0.3) is 0 Å². The van der Waals surface area contributed by atoms with Gasteiger partial charge >= 0.3 is 0 Å². The molecule has 0 atom stereocenters. The fourth-order valence-corrected chi connectivity index (χ4v) is 1.68. The van der Waals surface area contributed by atoms with E-state index >= 15 is 0 Å². The van der Waals surface area contributed by atoms with Crippen LogP contribution in [-0.2, 0) is 0 Å². The van der Waals surface area contributed by atoms with Gasteiger partial charge in [-0.1, -0.05) is 13.0 Å². The Bertz CT molecular complexity index is 286. The van der Waals surface area contributed by atoms with E-state index in [4.69, 9.17) is 5.73 Å². The lowest BCUT2D eigenvalue weighted by atomic mass is 10.2. The Labute approximate surface area is 92.3 Å². The number of aryl methyl sites for hydroxylation is 1. The minimum Gasteiger partial charge on any atom is -0.356 e. The van der Waals surface area contributed by atoms with E-state index in [0.29, 0.717) is 0 Å². The molecule has 1 aromatic rings. The van der Waals surface area contributed by atoms with Crippen molar-refractivity contribution < 1.29 is 0 Å². The summed E-state index contributed by atoms with van der Waals surface area (Å²) in [5, 5.41) is 0. The maximum Gasteiger partial charge on any atom is 0.131 e. The van der Waals surface area contributed by atoms with Gasteiger partial charge in [0, 0.05) is 19.3 Å². The van der Waals surface area contributed by atoms with Gasteiger partial charge in [-0.15, -0.1) is 0 Å². The monoisotopic (exact) mass is 207 g/mol. The average molecular weight is 207 g/mol. The molecule has 84 valence electrons. The van der Waals surface area contributed by atoms with Crippen LogP contribution in [-0.4, -0.2) is 24.6 Å². The normalized spacial score (nSPS) is 10.3. The van der Waals surface area contributed by atoms with Crippen LogP contribution in [0.4, 0.5) is 5.82 Å². The molecule has 15 heavy (non-hydrogen) atoms. The van der Waals surface area contributed by atoms with E-state index < -0.39 is 0 Å². The third kappa shape index (κ3) is 3.51. The largest absolute Gasteiger partial charge is 0.356 e. The third-order valence-electron chi connectivity index (χ3n) is 2.41. The smallest absolute Gasteiger partial charge is 0.131 e. The first kappa shape index (κ1) is 12.0. The summed E-state index contributed by atoms with van der Waals surface area (Å²) in [6, 6.07) is 4.08. The Morgan fingerprint density at radius 2 is 2.20 bits per heavy atom. The Hall–Kier alpha value is -1.09. The first-order chi connectivity index (χ1) is 7.29. The Kier molecular flexibility index (Phi) is 5.12. The van der Waals surface area contributed by atoms with Gasteiger partial charge in [-0.25, -0.2) is 4.98 Å². The quantitative estimate of drug-likeness (QED) is 0.775. The molecule has 1 aromatic heterocycles. The van der Waals surface area contributed by atoms with Crippen LogP contribution < -0.4 is 10.6 Å². The van der Waals surface area contributed by atoms with Crippen molar-refractivity contribution in [3.05, 3.63) is 23.9 Å². The van der Waals surface area contributed by atoms with Gasteiger partial charge in [-0.3, -0.25) is 0 Å². The molecule has 0 bridgehead atoms. The van der Waals surface area contributed by atoms with Crippen molar-refractivity contribution in [2.24, 2.45) is 5.73 Å². The second-order valence-electron chi connectivity index (χ2n) is 3.77. The van der Waals surface area contributed by atoms with Crippen LogP contribution in [0.1, 0.15) is 25.3 Å². The molecular weight excluding hydrogens is 186 g/mol. The van der Waals surface area contributed by atoms with Crippen molar-refractivity contribution in [2.45, 2.75) is 26.7 Å². The van der Waals surface area contributed by atoms with Crippen molar-refractivity contribution in [2.75, 3.05) is 24.5 Å². The number of nitrogens with zero attached hydrogens (tertiary/aromatic N) is 2. The van der Waals surface area contributed by atoms with Crippen LogP contribution in [0.3, 0.4) is 0 Å². The molecule has 0 radical (unpaired) electrons. The standard InChI is InChI=1S/C12H21N3/c1-3-9-15(10-5-7-13)12-11(2)6-4-8-14-12/h4,6,8H,3,5,7,9-10,13H2,1-2H3. The average Bonchev–Trinajstić information content (AvgIpc) is 2.25. The molecule has 1 rings (SSSR count). The first-order valence-electron chi connectivity index (χ1n) is 5.66. The van der Waals surface area contributed by atoms with E-state index in [0.717, 1.165) is 38.3 Å². The van der Waals surface area contributed by atoms with E-state index in [1.54, 1.807) is 0 Å². The second-order valence-corrected chi connectivity index (χ2v) is 3.77. The molecular formula is C12H21N3. The molecule has 2 N–H and O–H groups in total. The van der Waals surface area contributed by atoms with Gasteiger partial charge in [0.1, 0.15) is 5.82 Å². The van der Waals surface area contributed by atoms with Crippen molar-refractivity contribution in [3.8, 4) is 0 Å². The number of hydrogen-bond donors (Lipinski definition) is 1. The molecule has 0 aliphatic heterocycles. The minimum atomic E-state index is 0.742. The van der Waals surface area contributed by atoms with Gasteiger partial charge in [-0.05, 0) is 37.9 Å². The highest BCUT2D eigenvalue weighted by molar-refractivity contribution is 5.45. The van der Waals surface area contributed by atoms with E-state index in [1.165, 1.54) is 5.56 Å². The zero-order valence-corrected chi connectivity index (χ0v) is 9.74. The number of anilines is 1. The summed E-state index contributed by atoms with van der Waals surface area (Å²) in [5.41, 5.74) is 6.78. The Balaban J connectivity index is 2.74. The summed E-state index contributed by atoms with van der Waals surface area (Å²) < 4.78 is 0. The zero-order chi connectivity index (χ0) is 11.1. The number of nitrogens with two attached hydrogens (primary N) is 1. The maximum absolute atomic E-state index is 5.54. The van der Waals surface area contributed by atoms with E-state index in [1.807, 2.05) is 12.3 Å². The number of pyridine rings is 1. The summed E-state index contributed by atoms with van der Waals surface area (Å²) >= 11 is 0. The lowest BCUT2D eigenvalue weighted by Gasteiger charge is -2.24. The van der Waals surface area contributed by atoms with E-state index in [9.17, 15) is 0 Å². The van der Waals surface area contributed by atoms with Crippen molar-refractivity contribution >= 4 is 5.82 Å². The summed E-state index contributed by atoms with van der Waals surface area (Å²) in [5.74, 6) is 1.10. The van der Waals surface area contributed by atoms with Crippen molar-refractivity contribution in [1.82, 2.24) is 4.98 Å². The molecule has 0 aliphatic rings. The molecule has 0 aliphatic carbocycles. The Morgan fingerprint density at radius 3 is 2.80 bits per heavy atom. The molecule has 0 unspecified atom stereocenters. The van der Waals surface area contributed by atoms with Crippen LogP contribution in [0.5, 0.6) is 0 Å². The van der Waals surface area contributed by atoms with Crippen LogP contribution in [0.2, 0.25) is 0 Å². The summed E-state index contributed by atoms with van der Waals surface area (Å²) in [7, 11) is 0. The predicted octanol–water partition coefficient (Wildman–Crippen LogP) is 1.96. The molecule has 3 nitrogen and oxygen atoms in total. The van der Waals surface area contributed by atoms with Crippen molar-refractivity contribution in [3.63, 3.8) is 0 Å².